The highest BCUT2D eigenvalue weighted by Gasteiger charge is 2.13. The Kier molecular flexibility index (Phi) is 3.71. The molecular formula is C10H15NO3. The molecule has 1 unspecified atom stereocenters. The van der Waals surface area contributed by atoms with Gasteiger partial charge in [0.1, 0.15) is 0 Å². The van der Waals surface area contributed by atoms with E-state index in [1.807, 2.05) is 24.9 Å². The average Bonchev–Trinajstić information content (AvgIpc) is 2.65. The number of hydrogen-bond acceptors (Lipinski definition) is 3. The Bertz CT molecular complexity index is 282. The molecule has 0 aromatic carbocycles. The number of hydrogen-bond donors (Lipinski definition) is 1. The van der Waals surface area contributed by atoms with Gasteiger partial charge in [0.15, 0.2) is 0 Å². The zero-order valence-electron chi connectivity index (χ0n) is 8.43. The molecule has 0 spiro atoms. The van der Waals surface area contributed by atoms with Gasteiger partial charge in [-0.05, 0) is 20.0 Å². The van der Waals surface area contributed by atoms with Crippen molar-refractivity contribution in [2.75, 3.05) is 13.6 Å². The van der Waals surface area contributed by atoms with E-state index in [0.717, 1.165) is 5.56 Å². The van der Waals surface area contributed by atoms with Gasteiger partial charge in [0, 0.05) is 18.2 Å². The Labute approximate surface area is 83.1 Å². The van der Waals surface area contributed by atoms with Gasteiger partial charge in [0.25, 0.3) is 0 Å². The Balaban J connectivity index is 2.44. The van der Waals surface area contributed by atoms with Gasteiger partial charge in [-0.2, -0.15) is 0 Å². The molecule has 1 rings (SSSR count). The van der Waals surface area contributed by atoms with Crippen LogP contribution >= 0.6 is 0 Å². The summed E-state index contributed by atoms with van der Waals surface area (Å²) in [5.41, 5.74) is 1.07. The van der Waals surface area contributed by atoms with Crippen LogP contribution in [0, 0.1) is 0 Å². The number of carboxylic acid groups (broad SMARTS) is 1. The lowest BCUT2D eigenvalue weighted by atomic mass is 10.1. The fourth-order valence-corrected chi connectivity index (χ4v) is 1.23. The van der Waals surface area contributed by atoms with Crippen LogP contribution in [0.2, 0.25) is 0 Å². The molecule has 1 atom stereocenters. The summed E-state index contributed by atoms with van der Waals surface area (Å²) in [5.74, 6) is -0.767. The minimum absolute atomic E-state index is 0.165. The fourth-order valence-electron chi connectivity index (χ4n) is 1.23. The summed E-state index contributed by atoms with van der Waals surface area (Å²) in [6, 6.07) is 2.08. The lowest BCUT2D eigenvalue weighted by Gasteiger charge is -2.22. The Morgan fingerprint density at radius 1 is 1.71 bits per heavy atom. The smallest absolute Gasteiger partial charge is 0.304 e. The van der Waals surface area contributed by atoms with Gasteiger partial charge in [-0.25, -0.2) is 0 Å². The number of carbonyl (C=O) groups is 1. The summed E-state index contributed by atoms with van der Waals surface area (Å²) in [4.78, 5) is 12.4. The first-order valence-corrected chi connectivity index (χ1v) is 4.55. The minimum Gasteiger partial charge on any atom is -0.481 e. The third-order valence-electron chi connectivity index (χ3n) is 2.37. The maximum absolute atomic E-state index is 10.4. The van der Waals surface area contributed by atoms with E-state index >= 15 is 0 Å². The molecule has 0 aliphatic heterocycles. The quantitative estimate of drug-likeness (QED) is 0.781. The van der Waals surface area contributed by atoms with Crippen molar-refractivity contribution in [3.8, 4) is 0 Å². The molecule has 0 aliphatic carbocycles. The predicted molar refractivity (Wildman–Crippen MR) is 52.0 cm³/mol. The van der Waals surface area contributed by atoms with Crippen LogP contribution in [0.1, 0.15) is 24.9 Å². The Morgan fingerprint density at radius 3 is 2.93 bits per heavy atom. The van der Waals surface area contributed by atoms with Crippen molar-refractivity contribution < 1.29 is 14.3 Å². The highest BCUT2D eigenvalue weighted by atomic mass is 16.4. The van der Waals surface area contributed by atoms with Gasteiger partial charge in [-0.15, -0.1) is 0 Å². The molecule has 1 heterocycles. The third kappa shape index (κ3) is 2.88. The predicted octanol–water partition coefficient (Wildman–Crippen LogP) is 1.75. The van der Waals surface area contributed by atoms with E-state index in [0.29, 0.717) is 6.54 Å². The van der Waals surface area contributed by atoms with Crippen molar-refractivity contribution in [1.29, 1.82) is 0 Å². The first-order valence-electron chi connectivity index (χ1n) is 4.55. The maximum atomic E-state index is 10.4. The third-order valence-corrected chi connectivity index (χ3v) is 2.37. The molecule has 4 heteroatoms. The van der Waals surface area contributed by atoms with Gasteiger partial charge in [-0.1, -0.05) is 0 Å². The van der Waals surface area contributed by atoms with Gasteiger partial charge >= 0.3 is 5.97 Å². The van der Waals surface area contributed by atoms with Crippen molar-refractivity contribution >= 4 is 5.97 Å². The van der Waals surface area contributed by atoms with Crippen LogP contribution in [0.4, 0.5) is 0 Å². The molecule has 1 aromatic heterocycles. The van der Waals surface area contributed by atoms with Crippen LogP contribution in [0.25, 0.3) is 0 Å². The van der Waals surface area contributed by atoms with E-state index in [2.05, 4.69) is 0 Å². The van der Waals surface area contributed by atoms with Crippen molar-refractivity contribution in [1.82, 2.24) is 4.90 Å². The van der Waals surface area contributed by atoms with Crippen molar-refractivity contribution in [2.45, 2.75) is 19.4 Å². The summed E-state index contributed by atoms with van der Waals surface area (Å²) in [6.07, 6.45) is 3.47. The monoisotopic (exact) mass is 197 g/mol. The lowest BCUT2D eigenvalue weighted by Crippen LogP contribution is -2.24. The number of nitrogens with zero attached hydrogens (tertiary/aromatic N) is 1. The van der Waals surface area contributed by atoms with E-state index in [9.17, 15) is 4.79 Å². The molecule has 0 amide bonds. The Hall–Kier alpha value is -1.29. The average molecular weight is 197 g/mol. The first kappa shape index (κ1) is 10.8. The van der Waals surface area contributed by atoms with Gasteiger partial charge in [-0.3, -0.25) is 9.69 Å². The van der Waals surface area contributed by atoms with Crippen LogP contribution in [-0.4, -0.2) is 29.6 Å². The van der Waals surface area contributed by atoms with E-state index in [-0.39, 0.29) is 12.5 Å². The van der Waals surface area contributed by atoms with Crippen molar-refractivity contribution in [3.05, 3.63) is 24.2 Å². The topological polar surface area (TPSA) is 53.7 Å². The summed E-state index contributed by atoms with van der Waals surface area (Å²) in [7, 11) is 1.90. The minimum atomic E-state index is -0.767. The van der Waals surface area contributed by atoms with E-state index in [1.54, 1.807) is 12.5 Å². The molecule has 1 N–H and O–H groups in total. The highest BCUT2D eigenvalue weighted by Crippen LogP contribution is 2.18. The maximum Gasteiger partial charge on any atom is 0.304 e. The normalized spacial score (nSPS) is 13.1. The number of furan rings is 1. The Morgan fingerprint density at radius 2 is 2.43 bits per heavy atom. The molecule has 0 radical (unpaired) electrons. The molecular weight excluding hydrogens is 182 g/mol. The summed E-state index contributed by atoms with van der Waals surface area (Å²) < 4.78 is 4.97. The van der Waals surface area contributed by atoms with Crippen LogP contribution in [0.15, 0.2) is 23.0 Å². The second-order valence-corrected chi connectivity index (χ2v) is 3.36. The highest BCUT2D eigenvalue weighted by molar-refractivity contribution is 5.66. The number of rotatable bonds is 5. The van der Waals surface area contributed by atoms with Crippen LogP contribution in [0.5, 0.6) is 0 Å². The zero-order chi connectivity index (χ0) is 10.6. The lowest BCUT2D eigenvalue weighted by molar-refractivity contribution is -0.137. The van der Waals surface area contributed by atoms with Crippen LogP contribution in [-0.2, 0) is 4.79 Å². The van der Waals surface area contributed by atoms with Crippen molar-refractivity contribution in [2.24, 2.45) is 0 Å². The number of aliphatic carboxylic acids is 1. The molecule has 0 saturated heterocycles. The molecule has 0 saturated carbocycles. The SMILES string of the molecule is CC(c1ccoc1)N(C)CCC(=O)O. The largest absolute Gasteiger partial charge is 0.481 e. The van der Waals surface area contributed by atoms with E-state index < -0.39 is 5.97 Å². The molecule has 0 fully saturated rings. The second kappa shape index (κ2) is 4.81. The van der Waals surface area contributed by atoms with Gasteiger partial charge in [0.2, 0.25) is 0 Å². The second-order valence-electron chi connectivity index (χ2n) is 3.36. The molecule has 0 aliphatic rings. The summed E-state index contributed by atoms with van der Waals surface area (Å²) in [6.45, 7) is 2.56. The van der Waals surface area contributed by atoms with Crippen molar-refractivity contribution in [3.63, 3.8) is 0 Å². The molecule has 4 nitrogen and oxygen atoms in total. The summed E-state index contributed by atoms with van der Waals surface area (Å²) in [5, 5.41) is 8.53. The standard InChI is InChI=1S/C10H15NO3/c1-8(9-4-6-14-7-9)11(2)5-3-10(12)13/h4,6-8H,3,5H2,1-2H3,(H,12,13). The van der Waals surface area contributed by atoms with Gasteiger partial charge < -0.3 is 9.52 Å². The van der Waals surface area contributed by atoms with Crippen LogP contribution < -0.4 is 0 Å². The summed E-state index contributed by atoms with van der Waals surface area (Å²) >= 11 is 0. The fraction of sp³-hybridized carbons (Fsp3) is 0.500. The first-order chi connectivity index (χ1) is 6.61. The van der Waals surface area contributed by atoms with E-state index in [1.165, 1.54) is 0 Å². The molecule has 0 bridgehead atoms. The molecule has 14 heavy (non-hydrogen) atoms. The zero-order valence-corrected chi connectivity index (χ0v) is 8.43. The van der Waals surface area contributed by atoms with Gasteiger partial charge in [0.05, 0.1) is 18.9 Å². The number of carboxylic acids is 1. The van der Waals surface area contributed by atoms with E-state index in [4.69, 9.17) is 9.52 Å². The van der Waals surface area contributed by atoms with Crippen LogP contribution in [0.3, 0.4) is 0 Å². The molecule has 1 aromatic rings. The molecule has 78 valence electrons.